The second-order valence-corrected chi connectivity index (χ2v) is 8.70. The third kappa shape index (κ3) is 3.29. The maximum atomic E-state index is 13.4. The lowest BCUT2D eigenvalue weighted by Gasteiger charge is -2.34. The van der Waals surface area contributed by atoms with Gasteiger partial charge in [-0.1, -0.05) is 24.3 Å². The number of piperazine rings is 1. The van der Waals surface area contributed by atoms with Crippen LogP contribution in [0.3, 0.4) is 0 Å². The smallest absolute Gasteiger partial charge is 0.246 e. The molecule has 0 saturated carbocycles. The van der Waals surface area contributed by atoms with Gasteiger partial charge < -0.3 is 4.90 Å². The second-order valence-electron chi connectivity index (χ2n) is 6.83. The van der Waals surface area contributed by atoms with Crippen molar-refractivity contribution in [2.24, 2.45) is 0 Å². The van der Waals surface area contributed by atoms with Crippen LogP contribution in [0, 0.1) is 13.8 Å². The maximum absolute atomic E-state index is 13.4. The molecule has 7 nitrogen and oxygen atoms in total. The fourth-order valence-corrected chi connectivity index (χ4v) is 5.43. The number of hydrogen-bond donors (Lipinski definition) is 0. The maximum Gasteiger partial charge on any atom is 0.246 e. The number of pyridine rings is 1. The number of hydrogen-bond acceptors (Lipinski definition) is 5. The highest BCUT2D eigenvalue weighted by Crippen LogP contribution is 2.27. The summed E-state index contributed by atoms with van der Waals surface area (Å²) in [6.07, 6.45) is 1.75. The van der Waals surface area contributed by atoms with Crippen molar-refractivity contribution in [1.82, 2.24) is 19.1 Å². The Morgan fingerprint density at radius 2 is 1.57 bits per heavy atom. The fraction of sp³-hybridized carbons (Fsp3) is 0.300. The average molecular weight is 398 g/mol. The lowest BCUT2D eigenvalue weighted by Crippen LogP contribution is -2.49. The Morgan fingerprint density at radius 1 is 0.893 bits per heavy atom. The number of benzene rings is 1. The lowest BCUT2D eigenvalue weighted by atomic mass is 10.3. The molecule has 3 aromatic rings. The molecule has 0 radical (unpaired) electrons. The van der Waals surface area contributed by atoms with E-state index in [1.807, 2.05) is 55.5 Å². The molecule has 0 spiro atoms. The van der Waals surface area contributed by atoms with Crippen molar-refractivity contribution in [2.75, 3.05) is 31.1 Å². The molecule has 1 fully saturated rings. The van der Waals surface area contributed by atoms with Gasteiger partial charge in [0.15, 0.2) is 0 Å². The molecule has 1 saturated heterocycles. The zero-order valence-electron chi connectivity index (χ0n) is 16.0. The molecule has 1 aromatic carbocycles. The SMILES string of the molecule is Cc1nn(-c2ccccc2)c(C)c1S(=O)(=O)N1CCN(c2ccccn2)CC1. The summed E-state index contributed by atoms with van der Waals surface area (Å²) >= 11 is 0. The normalized spacial score (nSPS) is 15.7. The zero-order valence-corrected chi connectivity index (χ0v) is 16.8. The topological polar surface area (TPSA) is 71.3 Å². The molecule has 0 unspecified atom stereocenters. The Bertz CT molecular complexity index is 1060. The number of nitrogens with zero attached hydrogens (tertiary/aromatic N) is 5. The number of anilines is 1. The van der Waals surface area contributed by atoms with E-state index in [-0.39, 0.29) is 0 Å². The molecule has 0 aliphatic carbocycles. The minimum Gasteiger partial charge on any atom is -0.354 e. The predicted molar refractivity (Wildman–Crippen MR) is 108 cm³/mol. The largest absolute Gasteiger partial charge is 0.354 e. The van der Waals surface area contributed by atoms with Crippen molar-refractivity contribution >= 4 is 15.8 Å². The summed E-state index contributed by atoms with van der Waals surface area (Å²) in [5, 5.41) is 4.49. The van der Waals surface area contributed by atoms with Gasteiger partial charge in [-0.3, -0.25) is 0 Å². The van der Waals surface area contributed by atoms with Crippen LogP contribution in [-0.4, -0.2) is 53.7 Å². The van der Waals surface area contributed by atoms with Gasteiger partial charge in [-0.05, 0) is 38.1 Å². The summed E-state index contributed by atoms with van der Waals surface area (Å²) in [4.78, 5) is 6.78. The summed E-state index contributed by atoms with van der Waals surface area (Å²) in [7, 11) is -3.61. The van der Waals surface area contributed by atoms with E-state index in [1.54, 1.807) is 22.1 Å². The highest BCUT2D eigenvalue weighted by molar-refractivity contribution is 7.89. The summed E-state index contributed by atoms with van der Waals surface area (Å²) in [5.41, 5.74) is 2.01. The van der Waals surface area contributed by atoms with Crippen molar-refractivity contribution in [1.29, 1.82) is 0 Å². The van der Waals surface area contributed by atoms with Crippen LogP contribution in [0.1, 0.15) is 11.4 Å². The Kier molecular flexibility index (Phi) is 4.91. The van der Waals surface area contributed by atoms with Gasteiger partial charge in [0.25, 0.3) is 0 Å². The molecular formula is C20H23N5O2S. The summed E-state index contributed by atoms with van der Waals surface area (Å²) in [6, 6.07) is 15.4. The summed E-state index contributed by atoms with van der Waals surface area (Å²) < 4.78 is 30.0. The van der Waals surface area contributed by atoms with Crippen LogP contribution < -0.4 is 4.90 Å². The molecule has 0 amide bonds. The lowest BCUT2D eigenvalue weighted by molar-refractivity contribution is 0.383. The van der Waals surface area contributed by atoms with Gasteiger partial charge in [0.1, 0.15) is 10.7 Å². The van der Waals surface area contributed by atoms with Crippen LogP contribution in [0.4, 0.5) is 5.82 Å². The van der Waals surface area contributed by atoms with Gasteiger partial charge >= 0.3 is 0 Å². The van der Waals surface area contributed by atoms with Crippen LogP contribution in [-0.2, 0) is 10.0 Å². The first kappa shape index (κ1) is 18.6. The van der Waals surface area contributed by atoms with Gasteiger partial charge in [0, 0.05) is 32.4 Å². The fourth-order valence-electron chi connectivity index (χ4n) is 3.65. The van der Waals surface area contributed by atoms with Gasteiger partial charge in [0.05, 0.1) is 17.1 Å². The highest BCUT2D eigenvalue weighted by Gasteiger charge is 2.33. The molecule has 146 valence electrons. The van der Waals surface area contributed by atoms with Crippen molar-refractivity contribution < 1.29 is 8.42 Å². The van der Waals surface area contributed by atoms with Crippen LogP contribution in [0.15, 0.2) is 59.6 Å². The van der Waals surface area contributed by atoms with E-state index in [9.17, 15) is 8.42 Å². The number of aryl methyl sites for hydroxylation is 1. The van der Waals surface area contributed by atoms with Crippen molar-refractivity contribution in [3.05, 3.63) is 66.1 Å². The third-order valence-electron chi connectivity index (χ3n) is 5.04. The first-order chi connectivity index (χ1) is 13.5. The van der Waals surface area contributed by atoms with E-state index in [0.29, 0.717) is 42.5 Å². The van der Waals surface area contributed by atoms with Gasteiger partial charge in [-0.15, -0.1) is 0 Å². The van der Waals surface area contributed by atoms with E-state index in [1.165, 1.54) is 0 Å². The summed E-state index contributed by atoms with van der Waals surface area (Å²) in [6.45, 7) is 5.64. The number of aromatic nitrogens is 3. The molecule has 2 aromatic heterocycles. The second kappa shape index (κ2) is 7.37. The molecule has 0 atom stereocenters. The van der Waals surface area contributed by atoms with Crippen LogP contribution in [0.25, 0.3) is 5.69 Å². The molecule has 1 aliphatic rings. The summed E-state index contributed by atoms with van der Waals surface area (Å²) in [5.74, 6) is 0.879. The Balaban J connectivity index is 1.59. The first-order valence-corrected chi connectivity index (χ1v) is 10.7. The molecule has 0 N–H and O–H groups in total. The molecule has 3 heterocycles. The quantitative estimate of drug-likeness (QED) is 0.676. The molecule has 28 heavy (non-hydrogen) atoms. The molecule has 1 aliphatic heterocycles. The van der Waals surface area contributed by atoms with E-state index >= 15 is 0 Å². The molecule has 8 heteroatoms. The highest BCUT2D eigenvalue weighted by atomic mass is 32.2. The van der Waals surface area contributed by atoms with Crippen LogP contribution >= 0.6 is 0 Å². The molecule has 0 bridgehead atoms. The minimum absolute atomic E-state index is 0.308. The first-order valence-electron chi connectivity index (χ1n) is 9.26. The van der Waals surface area contributed by atoms with E-state index in [0.717, 1.165) is 11.5 Å². The van der Waals surface area contributed by atoms with Crippen LogP contribution in [0.2, 0.25) is 0 Å². The van der Waals surface area contributed by atoms with E-state index < -0.39 is 10.0 Å². The monoisotopic (exact) mass is 397 g/mol. The predicted octanol–water partition coefficient (Wildman–Crippen LogP) is 2.40. The van der Waals surface area contributed by atoms with Gasteiger partial charge in [-0.25, -0.2) is 18.1 Å². The number of rotatable bonds is 4. The van der Waals surface area contributed by atoms with Gasteiger partial charge in [0.2, 0.25) is 10.0 Å². The average Bonchev–Trinajstić information content (AvgIpc) is 3.04. The van der Waals surface area contributed by atoms with Crippen molar-refractivity contribution in [3.8, 4) is 5.69 Å². The van der Waals surface area contributed by atoms with E-state index in [4.69, 9.17) is 0 Å². The zero-order chi connectivity index (χ0) is 19.7. The third-order valence-corrected chi connectivity index (χ3v) is 7.19. The van der Waals surface area contributed by atoms with E-state index in [2.05, 4.69) is 15.0 Å². The Morgan fingerprint density at radius 3 is 2.21 bits per heavy atom. The van der Waals surface area contributed by atoms with Gasteiger partial charge in [-0.2, -0.15) is 9.40 Å². The number of para-hydroxylation sites is 1. The molecular weight excluding hydrogens is 374 g/mol. The van der Waals surface area contributed by atoms with Crippen LogP contribution in [0.5, 0.6) is 0 Å². The Labute approximate surface area is 165 Å². The van der Waals surface area contributed by atoms with Crippen molar-refractivity contribution in [3.63, 3.8) is 0 Å². The Hall–Kier alpha value is -2.71. The standard InChI is InChI=1S/C20H23N5O2S/c1-16-20(17(2)25(22-16)18-8-4-3-5-9-18)28(26,27)24-14-12-23(13-15-24)19-10-6-7-11-21-19/h3-11H,12-15H2,1-2H3. The minimum atomic E-state index is -3.61. The molecule has 4 rings (SSSR count). The number of sulfonamides is 1. The van der Waals surface area contributed by atoms with Crippen molar-refractivity contribution in [2.45, 2.75) is 18.7 Å².